The van der Waals surface area contributed by atoms with Crippen molar-refractivity contribution in [1.29, 1.82) is 0 Å². The lowest BCUT2D eigenvalue weighted by Gasteiger charge is -2.29. The van der Waals surface area contributed by atoms with Crippen LogP contribution in [0.4, 0.5) is 11.4 Å². The summed E-state index contributed by atoms with van der Waals surface area (Å²) >= 11 is 1.65. The third kappa shape index (κ3) is 3.00. The van der Waals surface area contributed by atoms with Crippen molar-refractivity contribution in [3.8, 4) is 21.8 Å². The van der Waals surface area contributed by atoms with Crippen molar-refractivity contribution in [3.63, 3.8) is 0 Å². The topological polar surface area (TPSA) is 51.4 Å². The first-order chi connectivity index (χ1) is 11.8. The summed E-state index contributed by atoms with van der Waals surface area (Å²) < 4.78 is 5.41. The average Bonchev–Trinajstić information content (AvgIpc) is 3.13. The Kier molecular flexibility index (Phi) is 4.19. The van der Waals surface area contributed by atoms with Gasteiger partial charge < -0.3 is 15.4 Å². The lowest BCUT2D eigenvalue weighted by atomic mass is 10.1. The zero-order valence-electron chi connectivity index (χ0n) is 13.3. The Balaban J connectivity index is 1.61. The van der Waals surface area contributed by atoms with Gasteiger partial charge in [-0.15, -0.1) is 11.3 Å². The summed E-state index contributed by atoms with van der Waals surface area (Å²) in [5.41, 5.74) is 11.4. The van der Waals surface area contributed by atoms with Gasteiger partial charge in [-0.25, -0.2) is 4.98 Å². The van der Waals surface area contributed by atoms with Gasteiger partial charge in [0.25, 0.3) is 0 Å². The molecule has 2 heterocycles. The number of morpholine rings is 1. The second-order valence-corrected chi connectivity index (χ2v) is 6.64. The van der Waals surface area contributed by atoms with E-state index in [0.29, 0.717) is 0 Å². The predicted octanol–water partition coefficient (Wildman–Crippen LogP) is 3.90. The fraction of sp³-hybridized carbons (Fsp3) is 0.211. The molecule has 0 saturated carbocycles. The highest BCUT2D eigenvalue weighted by Crippen LogP contribution is 2.33. The highest BCUT2D eigenvalue weighted by Gasteiger charge is 2.15. The Morgan fingerprint density at radius 1 is 1.00 bits per heavy atom. The Bertz CT molecular complexity index is 826. The van der Waals surface area contributed by atoms with Crippen molar-refractivity contribution in [1.82, 2.24) is 4.98 Å². The molecule has 1 fully saturated rings. The van der Waals surface area contributed by atoms with Crippen molar-refractivity contribution in [2.45, 2.75) is 0 Å². The average molecular weight is 337 g/mol. The van der Waals surface area contributed by atoms with Crippen molar-refractivity contribution < 1.29 is 4.74 Å². The SMILES string of the molecule is Nc1cc(-c2nc(-c3ccccc3)cs2)ccc1N1CCOCC1. The van der Waals surface area contributed by atoms with Gasteiger partial charge in [-0.2, -0.15) is 0 Å². The second kappa shape index (κ2) is 6.63. The van der Waals surface area contributed by atoms with Crippen LogP contribution < -0.4 is 10.6 Å². The van der Waals surface area contributed by atoms with Crippen LogP contribution in [0.15, 0.2) is 53.9 Å². The third-order valence-corrected chi connectivity index (χ3v) is 5.09. The van der Waals surface area contributed by atoms with Crippen LogP contribution in [0, 0.1) is 0 Å². The molecule has 4 rings (SSSR count). The number of ether oxygens (including phenoxy) is 1. The van der Waals surface area contributed by atoms with Crippen LogP contribution >= 0.6 is 11.3 Å². The Morgan fingerprint density at radius 2 is 1.79 bits per heavy atom. The summed E-state index contributed by atoms with van der Waals surface area (Å²) in [6.45, 7) is 3.29. The van der Waals surface area contributed by atoms with Gasteiger partial charge in [-0.1, -0.05) is 30.3 Å². The van der Waals surface area contributed by atoms with Gasteiger partial charge in [-0.05, 0) is 18.2 Å². The van der Waals surface area contributed by atoms with Crippen molar-refractivity contribution in [2.75, 3.05) is 36.9 Å². The molecule has 0 radical (unpaired) electrons. The number of anilines is 2. The minimum atomic E-state index is 0.758. The number of benzene rings is 2. The van der Waals surface area contributed by atoms with Gasteiger partial charge in [0, 0.05) is 29.6 Å². The molecule has 1 aliphatic heterocycles. The van der Waals surface area contributed by atoms with E-state index in [-0.39, 0.29) is 0 Å². The molecule has 0 spiro atoms. The highest BCUT2D eigenvalue weighted by atomic mass is 32.1. The largest absolute Gasteiger partial charge is 0.397 e. The van der Waals surface area contributed by atoms with E-state index in [0.717, 1.165) is 59.5 Å². The van der Waals surface area contributed by atoms with Crippen LogP contribution in [0.2, 0.25) is 0 Å². The molecule has 1 aliphatic rings. The Morgan fingerprint density at radius 3 is 2.54 bits per heavy atom. The van der Waals surface area contributed by atoms with E-state index in [1.807, 2.05) is 24.3 Å². The van der Waals surface area contributed by atoms with Crippen LogP contribution in [-0.2, 0) is 4.74 Å². The molecule has 0 atom stereocenters. The molecular formula is C19H19N3OS. The molecular weight excluding hydrogens is 318 g/mol. The first kappa shape index (κ1) is 15.2. The van der Waals surface area contributed by atoms with Crippen LogP contribution in [0.25, 0.3) is 21.8 Å². The van der Waals surface area contributed by atoms with Gasteiger partial charge in [0.15, 0.2) is 0 Å². The number of nitrogen functional groups attached to an aromatic ring is 1. The summed E-state index contributed by atoms with van der Waals surface area (Å²) in [4.78, 5) is 7.04. The first-order valence-electron chi connectivity index (χ1n) is 8.05. The van der Waals surface area contributed by atoms with Crippen molar-refractivity contribution in [2.24, 2.45) is 0 Å². The first-order valence-corrected chi connectivity index (χ1v) is 8.93. The number of aromatic nitrogens is 1. The molecule has 2 N–H and O–H groups in total. The number of hydrogen-bond donors (Lipinski definition) is 1. The van der Waals surface area contributed by atoms with E-state index >= 15 is 0 Å². The monoisotopic (exact) mass is 337 g/mol. The van der Waals surface area contributed by atoms with E-state index in [2.05, 4.69) is 34.5 Å². The van der Waals surface area contributed by atoms with E-state index in [4.69, 9.17) is 15.5 Å². The highest BCUT2D eigenvalue weighted by molar-refractivity contribution is 7.13. The number of nitrogens with two attached hydrogens (primary N) is 1. The lowest BCUT2D eigenvalue weighted by molar-refractivity contribution is 0.123. The standard InChI is InChI=1S/C19H19N3OS/c20-16-12-15(6-7-18(16)22-8-10-23-11-9-22)19-21-17(13-24-19)14-4-2-1-3-5-14/h1-7,12-13H,8-11,20H2. The molecule has 4 nitrogen and oxygen atoms in total. The second-order valence-electron chi connectivity index (χ2n) is 5.78. The fourth-order valence-corrected chi connectivity index (χ4v) is 3.75. The van der Waals surface area contributed by atoms with Gasteiger partial charge in [0.05, 0.1) is 30.3 Å². The van der Waals surface area contributed by atoms with E-state index < -0.39 is 0 Å². The van der Waals surface area contributed by atoms with E-state index in [1.165, 1.54) is 0 Å². The molecule has 0 amide bonds. The van der Waals surface area contributed by atoms with Gasteiger partial charge in [0.1, 0.15) is 5.01 Å². The molecule has 0 bridgehead atoms. The molecule has 0 aliphatic carbocycles. The summed E-state index contributed by atoms with van der Waals surface area (Å²) in [5, 5.41) is 3.09. The number of thiazole rings is 1. The Labute approximate surface area is 145 Å². The maximum Gasteiger partial charge on any atom is 0.124 e. The maximum absolute atomic E-state index is 6.30. The van der Waals surface area contributed by atoms with Gasteiger partial charge in [-0.3, -0.25) is 0 Å². The minimum absolute atomic E-state index is 0.758. The number of nitrogens with zero attached hydrogens (tertiary/aromatic N) is 2. The molecule has 1 saturated heterocycles. The molecule has 2 aromatic carbocycles. The quantitative estimate of drug-likeness (QED) is 0.737. The lowest BCUT2D eigenvalue weighted by Crippen LogP contribution is -2.36. The van der Waals surface area contributed by atoms with Crippen LogP contribution in [-0.4, -0.2) is 31.3 Å². The fourth-order valence-electron chi connectivity index (χ4n) is 2.93. The van der Waals surface area contributed by atoms with Crippen LogP contribution in [0.5, 0.6) is 0 Å². The molecule has 1 aromatic heterocycles. The van der Waals surface area contributed by atoms with Gasteiger partial charge in [0.2, 0.25) is 0 Å². The van der Waals surface area contributed by atoms with E-state index in [9.17, 15) is 0 Å². The zero-order chi connectivity index (χ0) is 16.4. The van der Waals surface area contributed by atoms with Crippen molar-refractivity contribution in [3.05, 3.63) is 53.9 Å². The molecule has 0 unspecified atom stereocenters. The minimum Gasteiger partial charge on any atom is -0.397 e. The van der Waals surface area contributed by atoms with Crippen molar-refractivity contribution >= 4 is 22.7 Å². The number of hydrogen-bond acceptors (Lipinski definition) is 5. The third-order valence-electron chi connectivity index (χ3n) is 4.20. The summed E-state index contributed by atoms with van der Waals surface area (Å²) in [6, 6.07) is 16.5. The van der Waals surface area contributed by atoms with Crippen LogP contribution in [0.3, 0.4) is 0 Å². The summed E-state index contributed by atoms with van der Waals surface area (Å²) in [6.07, 6.45) is 0. The molecule has 3 aromatic rings. The molecule has 5 heteroatoms. The smallest absolute Gasteiger partial charge is 0.124 e. The van der Waals surface area contributed by atoms with Gasteiger partial charge >= 0.3 is 0 Å². The summed E-state index contributed by atoms with van der Waals surface area (Å²) in [5.74, 6) is 0. The summed E-state index contributed by atoms with van der Waals surface area (Å²) in [7, 11) is 0. The molecule has 24 heavy (non-hydrogen) atoms. The maximum atomic E-state index is 6.30. The van der Waals surface area contributed by atoms with Crippen LogP contribution in [0.1, 0.15) is 0 Å². The Hall–Kier alpha value is -2.37. The van der Waals surface area contributed by atoms with E-state index in [1.54, 1.807) is 11.3 Å². The zero-order valence-corrected chi connectivity index (χ0v) is 14.1. The normalized spacial score (nSPS) is 14.8. The predicted molar refractivity (Wildman–Crippen MR) is 100 cm³/mol. The molecule has 122 valence electrons. The number of rotatable bonds is 3.